The van der Waals surface area contributed by atoms with Gasteiger partial charge in [0.15, 0.2) is 5.65 Å². The molecule has 0 amide bonds. The molecule has 10 heteroatoms. The minimum atomic E-state index is -0.338. The number of ether oxygens (including phenoxy) is 1. The second kappa shape index (κ2) is 9.32. The Bertz CT molecular complexity index is 1330. The van der Waals surface area contributed by atoms with Gasteiger partial charge in [0.05, 0.1) is 30.9 Å². The summed E-state index contributed by atoms with van der Waals surface area (Å²) in [6, 6.07) is 6.79. The van der Waals surface area contributed by atoms with Crippen molar-refractivity contribution in [1.29, 1.82) is 0 Å². The number of morpholine rings is 1. The Kier molecular flexibility index (Phi) is 6.24. The summed E-state index contributed by atoms with van der Waals surface area (Å²) in [6.07, 6.45) is 3.62. The summed E-state index contributed by atoms with van der Waals surface area (Å²) >= 11 is 5.99. The third-order valence-corrected chi connectivity index (χ3v) is 6.43. The number of imidazole rings is 1. The number of hydrogen-bond donors (Lipinski definition) is 1. The Morgan fingerprint density at radius 2 is 2.00 bits per heavy atom. The van der Waals surface area contributed by atoms with E-state index in [-0.39, 0.29) is 11.7 Å². The summed E-state index contributed by atoms with van der Waals surface area (Å²) in [4.78, 5) is 11.6. The number of fused-ring (bicyclic) bond motifs is 1. The van der Waals surface area contributed by atoms with Gasteiger partial charge >= 0.3 is 0 Å². The van der Waals surface area contributed by atoms with Gasteiger partial charge in [0, 0.05) is 55.4 Å². The van der Waals surface area contributed by atoms with Crippen LogP contribution in [-0.4, -0.2) is 55.4 Å². The number of benzene rings is 1. The van der Waals surface area contributed by atoms with E-state index >= 15 is 0 Å². The number of aryl methyl sites for hydroxylation is 2. The highest BCUT2D eigenvalue weighted by Gasteiger charge is 2.24. The first-order valence-corrected chi connectivity index (χ1v) is 11.7. The molecule has 1 aliphatic rings. The lowest BCUT2D eigenvalue weighted by atomic mass is 9.92. The van der Waals surface area contributed by atoms with Gasteiger partial charge in [0.1, 0.15) is 17.5 Å². The molecule has 3 aromatic heterocycles. The van der Waals surface area contributed by atoms with Crippen molar-refractivity contribution in [1.82, 2.24) is 29.0 Å². The normalized spacial score (nSPS) is 15.7. The topological polar surface area (TPSA) is 72.5 Å². The van der Waals surface area contributed by atoms with Crippen molar-refractivity contribution in [2.45, 2.75) is 26.3 Å². The van der Waals surface area contributed by atoms with Crippen LogP contribution in [0.3, 0.4) is 0 Å². The quantitative estimate of drug-likeness (QED) is 0.441. The van der Waals surface area contributed by atoms with Gasteiger partial charge in [-0.15, -0.1) is 0 Å². The van der Waals surface area contributed by atoms with E-state index in [4.69, 9.17) is 26.4 Å². The van der Waals surface area contributed by atoms with Crippen molar-refractivity contribution in [3.8, 4) is 0 Å². The van der Waals surface area contributed by atoms with Crippen LogP contribution in [0.1, 0.15) is 35.4 Å². The molecule has 5 rings (SSSR count). The molecule has 1 fully saturated rings. The van der Waals surface area contributed by atoms with Crippen molar-refractivity contribution in [3.05, 3.63) is 70.1 Å². The van der Waals surface area contributed by atoms with Crippen LogP contribution in [0.5, 0.6) is 0 Å². The maximum absolute atomic E-state index is 14.8. The first-order valence-electron chi connectivity index (χ1n) is 11.3. The molecule has 0 saturated carbocycles. The molecule has 1 unspecified atom stereocenters. The Balaban J connectivity index is 1.61. The summed E-state index contributed by atoms with van der Waals surface area (Å²) in [5, 5.41) is 8.51. The first kappa shape index (κ1) is 22.8. The fourth-order valence-corrected chi connectivity index (χ4v) is 4.65. The minimum absolute atomic E-state index is 0.261. The van der Waals surface area contributed by atoms with E-state index in [0.29, 0.717) is 47.6 Å². The summed E-state index contributed by atoms with van der Waals surface area (Å²) < 4.78 is 24.1. The molecule has 4 aromatic rings. The Labute approximate surface area is 202 Å². The number of nitrogens with zero attached hydrogens (tertiary/aromatic N) is 6. The third kappa shape index (κ3) is 4.51. The number of anilines is 2. The lowest BCUT2D eigenvalue weighted by Crippen LogP contribution is -2.36. The zero-order chi connectivity index (χ0) is 23.8. The van der Waals surface area contributed by atoms with Gasteiger partial charge < -0.3 is 14.6 Å². The van der Waals surface area contributed by atoms with Crippen LogP contribution >= 0.6 is 11.6 Å². The van der Waals surface area contributed by atoms with Gasteiger partial charge in [0.25, 0.3) is 0 Å². The first-order chi connectivity index (χ1) is 16.4. The number of aromatic nitrogens is 5. The fraction of sp³-hybridized carbons (Fsp3) is 0.375. The molecule has 1 aromatic carbocycles. The molecular weight excluding hydrogens is 457 g/mol. The molecule has 0 radical (unpaired) electrons. The zero-order valence-electron chi connectivity index (χ0n) is 19.4. The van der Waals surface area contributed by atoms with Crippen LogP contribution in [-0.2, 0) is 18.3 Å². The van der Waals surface area contributed by atoms with Gasteiger partial charge in [-0.05, 0) is 24.6 Å². The maximum Gasteiger partial charge on any atom is 0.161 e. The molecule has 0 bridgehead atoms. The lowest BCUT2D eigenvalue weighted by Gasteiger charge is -2.26. The van der Waals surface area contributed by atoms with E-state index < -0.39 is 0 Å². The second-order valence-corrected chi connectivity index (χ2v) is 9.13. The molecule has 0 aliphatic carbocycles. The molecule has 178 valence electrons. The van der Waals surface area contributed by atoms with Gasteiger partial charge in [-0.3, -0.25) is 4.90 Å². The van der Waals surface area contributed by atoms with Gasteiger partial charge in [-0.25, -0.2) is 18.9 Å². The van der Waals surface area contributed by atoms with Gasteiger partial charge in [-0.1, -0.05) is 24.6 Å². The molecule has 1 N–H and O–H groups in total. The molecule has 0 spiro atoms. The SMILES string of the molecule is Cc1nn2c(CN3CCOCC3)cc(Nc3cn(C)cn3)nc2c1C(C)c1ccc(Cl)cc1F. The summed E-state index contributed by atoms with van der Waals surface area (Å²) in [6.45, 7) is 7.74. The lowest BCUT2D eigenvalue weighted by molar-refractivity contribution is 0.0334. The predicted octanol–water partition coefficient (Wildman–Crippen LogP) is 4.29. The monoisotopic (exact) mass is 483 g/mol. The highest BCUT2D eigenvalue weighted by atomic mass is 35.5. The van der Waals surface area contributed by atoms with E-state index in [1.54, 1.807) is 18.5 Å². The number of hydrogen-bond acceptors (Lipinski definition) is 6. The molecule has 8 nitrogen and oxygen atoms in total. The Morgan fingerprint density at radius 1 is 1.21 bits per heavy atom. The summed E-state index contributed by atoms with van der Waals surface area (Å²) in [7, 11) is 1.92. The van der Waals surface area contributed by atoms with Crippen LogP contribution < -0.4 is 5.32 Å². The van der Waals surface area contributed by atoms with E-state index in [1.807, 2.05) is 42.2 Å². The Morgan fingerprint density at radius 3 is 2.71 bits per heavy atom. The third-order valence-electron chi connectivity index (χ3n) is 6.20. The summed E-state index contributed by atoms with van der Waals surface area (Å²) in [5.41, 5.74) is 3.94. The predicted molar refractivity (Wildman–Crippen MR) is 129 cm³/mol. The Hall–Kier alpha value is -3.01. The van der Waals surface area contributed by atoms with Crippen molar-refractivity contribution >= 4 is 28.9 Å². The highest BCUT2D eigenvalue weighted by Crippen LogP contribution is 2.33. The van der Waals surface area contributed by atoms with Crippen LogP contribution in [0.15, 0.2) is 36.8 Å². The van der Waals surface area contributed by atoms with Gasteiger partial charge in [-0.2, -0.15) is 5.10 Å². The molecule has 1 aliphatic heterocycles. The van der Waals surface area contributed by atoms with Crippen LogP contribution in [0.4, 0.5) is 16.0 Å². The second-order valence-electron chi connectivity index (χ2n) is 8.69. The van der Waals surface area contributed by atoms with E-state index in [0.717, 1.165) is 30.0 Å². The van der Waals surface area contributed by atoms with E-state index in [2.05, 4.69) is 15.2 Å². The zero-order valence-corrected chi connectivity index (χ0v) is 20.2. The van der Waals surface area contributed by atoms with E-state index in [9.17, 15) is 4.39 Å². The molecule has 1 atom stereocenters. The molecule has 4 heterocycles. The highest BCUT2D eigenvalue weighted by molar-refractivity contribution is 6.30. The fourth-order valence-electron chi connectivity index (χ4n) is 4.49. The van der Waals surface area contributed by atoms with E-state index in [1.165, 1.54) is 6.07 Å². The van der Waals surface area contributed by atoms with Crippen molar-refractivity contribution in [2.24, 2.45) is 7.05 Å². The van der Waals surface area contributed by atoms with Crippen molar-refractivity contribution in [2.75, 3.05) is 31.6 Å². The molecular formula is C24H27ClFN7O. The average molecular weight is 484 g/mol. The number of halogens is 2. The van der Waals surface area contributed by atoms with Crippen molar-refractivity contribution in [3.63, 3.8) is 0 Å². The summed E-state index contributed by atoms with van der Waals surface area (Å²) in [5.74, 6) is 0.768. The largest absolute Gasteiger partial charge is 0.379 e. The number of nitrogens with one attached hydrogen (secondary N) is 1. The maximum atomic E-state index is 14.8. The average Bonchev–Trinajstić information content (AvgIpc) is 3.36. The van der Waals surface area contributed by atoms with Crippen molar-refractivity contribution < 1.29 is 9.13 Å². The standard InChI is InChI=1S/C24H27ClFN7O/c1-15(19-5-4-17(25)10-20(19)26)23-16(2)30-33-18(12-32-6-8-34-9-7-32)11-21(29-24(23)33)28-22-13-31(3)14-27-22/h4-5,10-11,13-15H,6-9,12H2,1-3H3,(H,28,29). The van der Waals surface area contributed by atoms with Crippen LogP contribution in [0.2, 0.25) is 5.02 Å². The molecule has 1 saturated heterocycles. The van der Waals surface area contributed by atoms with Crippen LogP contribution in [0, 0.1) is 12.7 Å². The van der Waals surface area contributed by atoms with Gasteiger partial charge in [0.2, 0.25) is 0 Å². The number of rotatable bonds is 6. The van der Waals surface area contributed by atoms with Crippen LogP contribution in [0.25, 0.3) is 5.65 Å². The smallest absolute Gasteiger partial charge is 0.161 e. The minimum Gasteiger partial charge on any atom is -0.379 e. The molecule has 34 heavy (non-hydrogen) atoms.